The molecule has 1 atom stereocenters. The van der Waals surface area contributed by atoms with Crippen LogP contribution in [0.5, 0.6) is 5.75 Å². The van der Waals surface area contributed by atoms with Crippen molar-refractivity contribution < 1.29 is 19.1 Å². The van der Waals surface area contributed by atoms with Gasteiger partial charge in [0.15, 0.2) is 28.4 Å². The predicted octanol–water partition coefficient (Wildman–Crippen LogP) is 1.87. The van der Waals surface area contributed by atoms with E-state index in [0.717, 1.165) is 42.3 Å². The van der Waals surface area contributed by atoms with Gasteiger partial charge in [-0.2, -0.15) is 0 Å². The number of imide groups is 1. The van der Waals surface area contributed by atoms with Crippen molar-refractivity contribution in [2.24, 2.45) is 10.7 Å². The number of thioether (sulfide) groups is 1. The number of carbonyl (C=O) groups is 3. The fourth-order valence-electron chi connectivity index (χ4n) is 3.26. The van der Waals surface area contributed by atoms with Crippen molar-refractivity contribution in [1.82, 2.24) is 20.6 Å². The summed E-state index contributed by atoms with van der Waals surface area (Å²) in [6, 6.07) is 7.80. The second-order valence-electron chi connectivity index (χ2n) is 7.83. The predicted molar refractivity (Wildman–Crippen MR) is 139 cm³/mol. The van der Waals surface area contributed by atoms with E-state index in [1.165, 1.54) is 0 Å². The van der Waals surface area contributed by atoms with Gasteiger partial charge in [0.1, 0.15) is 5.75 Å². The van der Waals surface area contributed by atoms with Crippen molar-refractivity contribution in [3.05, 3.63) is 40.7 Å². The summed E-state index contributed by atoms with van der Waals surface area (Å²) >= 11 is 6.81. The number of halogens is 1. The molecule has 1 aromatic heterocycles. The Morgan fingerprint density at radius 2 is 1.89 bits per heavy atom. The molecule has 0 bridgehead atoms. The summed E-state index contributed by atoms with van der Waals surface area (Å²) in [5.41, 5.74) is 17.9. The van der Waals surface area contributed by atoms with Gasteiger partial charge in [-0.05, 0) is 49.8 Å². The summed E-state index contributed by atoms with van der Waals surface area (Å²) in [6.07, 6.45) is 3.75. The third-order valence-electron chi connectivity index (χ3n) is 5.09. The quantitative estimate of drug-likeness (QED) is 0.161. The lowest BCUT2D eigenvalue weighted by Crippen LogP contribution is -2.38. The van der Waals surface area contributed by atoms with E-state index in [1.54, 1.807) is 0 Å². The summed E-state index contributed by atoms with van der Waals surface area (Å²) in [5.74, 6) is -0.443. The van der Waals surface area contributed by atoms with Crippen LogP contribution >= 0.6 is 23.4 Å². The highest BCUT2D eigenvalue weighted by atomic mass is 35.5. The Bertz CT molecular complexity index is 1150. The molecule has 0 spiro atoms. The number of nitrogens with zero attached hydrogens (tertiary/aromatic N) is 3. The van der Waals surface area contributed by atoms with E-state index in [9.17, 15) is 14.4 Å². The van der Waals surface area contributed by atoms with Crippen LogP contribution in [0.3, 0.4) is 0 Å². The zero-order chi connectivity index (χ0) is 26.1. The molecule has 1 aliphatic heterocycles. The largest absolute Gasteiger partial charge is 0.494 e. The Kier molecular flexibility index (Phi) is 9.70. The van der Waals surface area contributed by atoms with Crippen LogP contribution in [0.1, 0.15) is 41.7 Å². The van der Waals surface area contributed by atoms with Crippen LogP contribution < -0.4 is 32.6 Å². The topological polar surface area (TPSA) is 201 Å². The number of unbranched alkanes of at least 4 members (excludes halogenated alkanes) is 1. The molecule has 2 aromatic rings. The van der Waals surface area contributed by atoms with Crippen LogP contribution in [0.4, 0.5) is 16.4 Å². The van der Waals surface area contributed by atoms with Gasteiger partial charge in [0.05, 0.1) is 11.9 Å². The van der Waals surface area contributed by atoms with Crippen molar-refractivity contribution >= 4 is 58.0 Å². The molecule has 3 amide bonds. The lowest BCUT2D eigenvalue weighted by atomic mass is 10.1. The number of nitrogen functional groups attached to an aromatic ring is 2. The summed E-state index contributed by atoms with van der Waals surface area (Å²) in [6.45, 7) is 0.901. The number of aliphatic imine (C=N–C) groups is 1. The molecule has 0 radical (unpaired) electrons. The first-order chi connectivity index (χ1) is 17.2. The van der Waals surface area contributed by atoms with Crippen LogP contribution in [-0.4, -0.2) is 51.4 Å². The Labute approximate surface area is 216 Å². The van der Waals surface area contributed by atoms with Gasteiger partial charge in [-0.1, -0.05) is 35.5 Å². The number of carbonyl (C=O) groups excluding carboxylic acids is 3. The molecule has 12 nitrogen and oxygen atoms in total. The molecule has 1 unspecified atom stereocenters. The number of benzene rings is 1. The zero-order valence-corrected chi connectivity index (χ0v) is 20.9. The van der Waals surface area contributed by atoms with Crippen LogP contribution in [0.2, 0.25) is 5.15 Å². The molecule has 1 saturated heterocycles. The van der Waals surface area contributed by atoms with Crippen molar-refractivity contribution in [3.8, 4) is 5.75 Å². The number of rotatable bonds is 11. The first-order valence-corrected chi connectivity index (χ1v) is 12.4. The Morgan fingerprint density at radius 1 is 1.14 bits per heavy atom. The third kappa shape index (κ3) is 7.99. The fourth-order valence-corrected chi connectivity index (χ4v) is 4.25. The number of amides is 3. The van der Waals surface area contributed by atoms with Gasteiger partial charge in [0, 0.05) is 6.54 Å². The molecule has 14 heteroatoms. The second-order valence-corrected chi connectivity index (χ2v) is 9.36. The molecule has 1 aromatic carbocycles. The molecular weight excluding hydrogens is 508 g/mol. The number of nitrogens with one attached hydrogen (secondary N) is 2. The van der Waals surface area contributed by atoms with Gasteiger partial charge in [-0.15, -0.1) is 0 Å². The average molecular weight is 535 g/mol. The molecule has 36 heavy (non-hydrogen) atoms. The molecular formula is C22H27ClN8O4S. The molecule has 1 fully saturated rings. The number of anilines is 2. The first-order valence-electron chi connectivity index (χ1n) is 11.2. The summed E-state index contributed by atoms with van der Waals surface area (Å²) in [5, 5.41) is 3.94. The van der Waals surface area contributed by atoms with Crippen molar-refractivity contribution in [3.63, 3.8) is 0 Å². The lowest BCUT2D eigenvalue weighted by Gasteiger charge is -2.09. The Hall–Kier alpha value is -3.58. The minimum Gasteiger partial charge on any atom is -0.494 e. The number of nitrogens with two attached hydrogens (primary N) is 3. The van der Waals surface area contributed by atoms with E-state index in [4.69, 9.17) is 33.5 Å². The van der Waals surface area contributed by atoms with E-state index in [1.807, 2.05) is 24.3 Å². The molecule has 2 heterocycles. The van der Waals surface area contributed by atoms with E-state index in [0.29, 0.717) is 26.0 Å². The van der Waals surface area contributed by atoms with E-state index in [2.05, 4.69) is 25.6 Å². The van der Waals surface area contributed by atoms with Crippen LogP contribution in [0, 0.1) is 0 Å². The number of aromatic nitrogens is 2. The summed E-state index contributed by atoms with van der Waals surface area (Å²) in [7, 11) is 0. The lowest BCUT2D eigenvalue weighted by molar-refractivity contribution is -0.119. The van der Waals surface area contributed by atoms with Crippen LogP contribution in [0.25, 0.3) is 0 Å². The molecule has 0 saturated carbocycles. The standard InChI is InChI=1S/C22H27ClN8O4S/c23-16-18(25)29-17(24)15(28-16)20(33)30-21(26)27-10-2-1-4-12-6-8-13(9-7-12)35-11-3-5-14-19(32)31-22(34)36-14/h6-9,14H,1-5,10-11H2,(H4,24,25,29)(H,31,32,34)(H3,26,27,30,33). The number of ether oxygens (including phenoxy) is 1. The van der Waals surface area contributed by atoms with E-state index in [-0.39, 0.29) is 44.8 Å². The molecule has 1 aliphatic rings. The number of aryl methyl sites for hydroxylation is 1. The normalized spacial score (nSPS) is 15.6. The zero-order valence-electron chi connectivity index (χ0n) is 19.3. The molecule has 3 rings (SSSR count). The molecule has 192 valence electrons. The minimum atomic E-state index is -0.677. The smallest absolute Gasteiger partial charge is 0.286 e. The van der Waals surface area contributed by atoms with Gasteiger partial charge in [-0.25, -0.2) is 9.97 Å². The Morgan fingerprint density at radius 3 is 2.58 bits per heavy atom. The average Bonchev–Trinajstić information content (AvgIpc) is 3.16. The van der Waals surface area contributed by atoms with Crippen molar-refractivity contribution in [1.29, 1.82) is 0 Å². The highest BCUT2D eigenvalue weighted by molar-refractivity contribution is 8.15. The van der Waals surface area contributed by atoms with E-state index < -0.39 is 5.91 Å². The van der Waals surface area contributed by atoms with Gasteiger partial charge in [0.2, 0.25) is 5.91 Å². The van der Waals surface area contributed by atoms with E-state index >= 15 is 0 Å². The number of hydrogen-bond acceptors (Lipinski definition) is 10. The molecule has 8 N–H and O–H groups in total. The monoisotopic (exact) mass is 534 g/mol. The van der Waals surface area contributed by atoms with Gasteiger partial charge < -0.3 is 21.9 Å². The Balaban J connectivity index is 1.31. The summed E-state index contributed by atoms with van der Waals surface area (Å²) < 4.78 is 5.71. The SMILES string of the molecule is NC(=NCCCCc1ccc(OCCCC2SC(=O)NC2=O)cc1)NC(=O)c1nc(Cl)c(N)nc1N. The second kappa shape index (κ2) is 12.9. The number of guanidine groups is 1. The van der Waals surface area contributed by atoms with Crippen molar-refractivity contribution in [2.45, 2.75) is 37.4 Å². The fraction of sp³-hybridized carbons (Fsp3) is 0.364. The maximum Gasteiger partial charge on any atom is 0.286 e. The summed E-state index contributed by atoms with van der Waals surface area (Å²) in [4.78, 5) is 46.6. The minimum absolute atomic E-state index is 0.0607. The third-order valence-corrected chi connectivity index (χ3v) is 6.42. The maximum absolute atomic E-state index is 12.2. The first kappa shape index (κ1) is 27.0. The van der Waals surface area contributed by atoms with Crippen LogP contribution in [0.15, 0.2) is 29.3 Å². The van der Waals surface area contributed by atoms with Crippen LogP contribution in [-0.2, 0) is 11.2 Å². The molecule has 0 aliphatic carbocycles. The van der Waals surface area contributed by atoms with Crippen molar-refractivity contribution in [2.75, 3.05) is 24.6 Å². The maximum atomic E-state index is 12.2. The highest BCUT2D eigenvalue weighted by Crippen LogP contribution is 2.23. The number of hydrogen-bond donors (Lipinski definition) is 5. The highest BCUT2D eigenvalue weighted by Gasteiger charge is 2.30. The van der Waals surface area contributed by atoms with Gasteiger partial charge in [-0.3, -0.25) is 30.0 Å². The van der Waals surface area contributed by atoms with Gasteiger partial charge >= 0.3 is 0 Å². The van der Waals surface area contributed by atoms with Gasteiger partial charge in [0.25, 0.3) is 11.1 Å².